The third-order valence-electron chi connectivity index (χ3n) is 13.7. The minimum Gasteiger partial charge on any atom is -0.310 e. The minimum absolute atomic E-state index is 0.120. The molecule has 11 aromatic rings. The number of rotatable bonds is 7. The Morgan fingerprint density at radius 3 is 1.52 bits per heavy atom. The van der Waals surface area contributed by atoms with Gasteiger partial charge in [-0.25, -0.2) is 0 Å². The van der Waals surface area contributed by atoms with Crippen LogP contribution in [0, 0.1) is 0 Å². The third-order valence-corrected chi connectivity index (χ3v) is 13.7. The van der Waals surface area contributed by atoms with Crippen LogP contribution in [0.4, 0.5) is 17.1 Å². The summed E-state index contributed by atoms with van der Waals surface area (Å²) in [5.74, 6) is 0. The summed E-state index contributed by atoms with van der Waals surface area (Å²) in [4.78, 5) is 2.40. The van der Waals surface area contributed by atoms with E-state index < -0.39 is 0 Å². The molecule has 64 heavy (non-hydrogen) atoms. The van der Waals surface area contributed by atoms with Crippen LogP contribution < -0.4 is 4.90 Å². The van der Waals surface area contributed by atoms with Crippen molar-refractivity contribution < 1.29 is 0 Å². The number of anilines is 3. The van der Waals surface area contributed by atoms with Gasteiger partial charge in [-0.2, -0.15) is 0 Å². The van der Waals surface area contributed by atoms with Gasteiger partial charge < -0.3 is 4.90 Å². The maximum Gasteiger partial charge on any atom is 0.0467 e. The van der Waals surface area contributed by atoms with Gasteiger partial charge in [0.05, 0.1) is 0 Å². The standard InChI is InChI=1S/C63H45N/c1-63(2)61-26-8-7-20-59(61)60-25-12-23-56(62(60)63)48-16-9-17-51(41-48)64(50-38-33-47(34-39-50)55-22-11-24-57-54-19-6-4-14-45(54)35-40-58(55)57)49-36-31-43(32-37-49)42-27-29-46(30-28-42)53-21-10-15-44-13-3-5-18-52(44)53/h3-41H,1-2H3. The molecular weight excluding hydrogens is 771 g/mol. The van der Waals surface area contributed by atoms with E-state index in [1.165, 1.54) is 99.1 Å². The normalized spacial score (nSPS) is 12.7. The quantitative estimate of drug-likeness (QED) is 0.145. The SMILES string of the molecule is CC1(C)c2ccccc2-c2cccc(-c3cccc(N(c4ccc(-c5ccc(-c6cccc7ccccc67)cc5)cc4)c4ccc(-c5cccc6c5ccc5ccccc56)cc4)c3)c21. The van der Waals surface area contributed by atoms with E-state index in [1.807, 2.05) is 0 Å². The maximum absolute atomic E-state index is 2.40. The second-order valence-electron chi connectivity index (χ2n) is 17.7. The number of benzene rings is 11. The van der Waals surface area contributed by atoms with E-state index in [0.29, 0.717) is 0 Å². The Morgan fingerprint density at radius 1 is 0.281 bits per heavy atom. The van der Waals surface area contributed by atoms with E-state index in [9.17, 15) is 0 Å². The van der Waals surface area contributed by atoms with E-state index in [-0.39, 0.29) is 5.41 Å². The van der Waals surface area contributed by atoms with Gasteiger partial charge in [0.15, 0.2) is 0 Å². The number of fused-ring (bicyclic) bond motifs is 7. The number of hydrogen-bond donors (Lipinski definition) is 0. The van der Waals surface area contributed by atoms with Crippen LogP contribution in [-0.4, -0.2) is 0 Å². The van der Waals surface area contributed by atoms with Crippen LogP contribution in [-0.2, 0) is 5.41 Å². The molecule has 0 unspecified atom stereocenters. The highest BCUT2D eigenvalue weighted by Gasteiger charge is 2.37. The molecule has 0 saturated heterocycles. The van der Waals surface area contributed by atoms with E-state index in [0.717, 1.165) is 17.1 Å². The van der Waals surface area contributed by atoms with Gasteiger partial charge in [0, 0.05) is 22.5 Å². The lowest BCUT2D eigenvalue weighted by Gasteiger charge is -2.28. The Bertz CT molecular complexity index is 3550. The van der Waals surface area contributed by atoms with Crippen LogP contribution in [0.5, 0.6) is 0 Å². The average Bonchev–Trinajstić information content (AvgIpc) is 3.60. The molecular formula is C63H45N. The molecule has 0 heterocycles. The Balaban J connectivity index is 0.941. The van der Waals surface area contributed by atoms with Crippen molar-refractivity contribution in [1.82, 2.24) is 0 Å². The lowest BCUT2D eigenvalue weighted by Crippen LogP contribution is -2.16. The van der Waals surface area contributed by atoms with E-state index in [2.05, 4.69) is 255 Å². The predicted molar refractivity (Wildman–Crippen MR) is 273 cm³/mol. The summed E-state index contributed by atoms with van der Waals surface area (Å²) >= 11 is 0. The Hall–Kier alpha value is -8.00. The Morgan fingerprint density at radius 2 is 0.766 bits per heavy atom. The zero-order chi connectivity index (χ0) is 42.8. The van der Waals surface area contributed by atoms with Crippen molar-refractivity contribution >= 4 is 49.4 Å². The second-order valence-corrected chi connectivity index (χ2v) is 17.7. The fraction of sp³-hybridized carbons (Fsp3) is 0.0476. The molecule has 0 bridgehead atoms. The van der Waals surface area contributed by atoms with E-state index in [1.54, 1.807) is 0 Å². The summed E-state index contributed by atoms with van der Waals surface area (Å²) < 4.78 is 0. The van der Waals surface area contributed by atoms with Gasteiger partial charge in [0.2, 0.25) is 0 Å². The maximum atomic E-state index is 2.40. The molecule has 0 spiro atoms. The van der Waals surface area contributed by atoms with Crippen LogP contribution in [0.15, 0.2) is 237 Å². The lowest BCUT2D eigenvalue weighted by atomic mass is 9.79. The average molecular weight is 816 g/mol. The zero-order valence-electron chi connectivity index (χ0n) is 36.0. The summed E-state index contributed by atoms with van der Waals surface area (Å²) in [5.41, 5.74) is 18.4. The Kier molecular flexibility index (Phi) is 8.91. The van der Waals surface area contributed by atoms with Crippen LogP contribution in [0.2, 0.25) is 0 Å². The molecule has 12 rings (SSSR count). The molecule has 11 aromatic carbocycles. The summed E-state index contributed by atoms with van der Waals surface area (Å²) in [6, 6.07) is 87.1. The van der Waals surface area contributed by atoms with Crippen molar-refractivity contribution in [2.24, 2.45) is 0 Å². The molecule has 0 fully saturated rings. The fourth-order valence-corrected chi connectivity index (χ4v) is 10.6. The number of hydrogen-bond acceptors (Lipinski definition) is 1. The molecule has 302 valence electrons. The van der Waals surface area contributed by atoms with E-state index in [4.69, 9.17) is 0 Å². The topological polar surface area (TPSA) is 3.24 Å². The van der Waals surface area contributed by atoms with Gasteiger partial charge in [0.1, 0.15) is 0 Å². The first-order valence-corrected chi connectivity index (χ1v) is 22.3. The lowest BCUT2D eigenvalue weighted by molar-refractivity contribution is 0.662. The molecule has 0 N–H and O–H groups in total. The van der Waals surface area contributed by atoms with Gasteiger partial charge in [0.25, 0.3) is 0 Å². The molecule has 0 aliphatic heterocycles. The first-order chi connectivity index (χ1) is 31.5. The van der Waals surface area contributed by atoms with Gasteiger partial charge in [-0.05, 0) is 135 Å². The summed E-state index contributed by atoms with van der Waals surface area (Å²) in [6.07, 6.45) is 0. The molecule has 0 atom stereocenters. The van der Waals surface area contributed by atoms with Gasteiger partial charge in [-0.15, -0.1) is 0 Å². The van der Waals surface area contributed by atoms with Crippen LogP contribution in [0.1, 0.15) is 25.0 Å². The predicted octanol–water partition coefficient (Wildman–Crippen LogP) is 17.6. The smallest absolute Gasteiger partial charge is 0.0467 e. The van der Waals surface area contributed by atoms with Crippen molar-refractivity contribution in [3.63, 3.8) is 0 Å². The third kappa shape index (κ3) is 6.23. The highest BCUT2D eigenvalue weighted by Crippen LogP contribution is 2.52. The highest BCUT2D eigenvalue weighted by atomic mass is 15.1. The highest BCUT2D eigenvalue weighted by molar-refractivity contribution is 6.12. The van der Waals surface area contributed by atoms with Crippen molar-refractivity contribution in [2.45, 2.75) is 19.3 Å². The molecule has 1 aliphatic carbocycles. The van der Waals surface area contributed by atoms with Crippen LogP contribution in [0.25, 0.3) is 88.0 Å². The molecule has 0 aromatic heterocycles. The van der Waals surface area contributed by atoms with Gasteiger partial charge >= 0.3 is 0 Å². The van der Waals surface area contributed by atoms with Crippen molar-refractivity contribution in [2.75, 3.05) is 4.90 Å². The first kappa shape index (κ1) is 37.7. The van der Waals surface area contributed by atoms with Crippen molar-refractivity contribution in [3.8, 4) is 55.6 Å². The van der Waals surface area contributed by atoms with E-state index >= 15 is 0 Å². The zero-order valence-corrected chi connectivity index (χ0v) is 36.0. The fourth-order valence-electron chi connectivity index (χ4n) is 10.6. The van der Waals surface area contributed by atoms with Crippen molar-refractivity contribution in [1.29, 1.82) is 0 Å². The summed E-state index contributed by atoms with van der Waals surface area (Å²) in [5, 5.41) is 7.62. The molecule has 1 heteroatoms. The second kappa shape index (κ2) is 15.1. The van der Waals surface area contributed by atoms with Gasteiger partial charge in [-0.3, -0.25) is 0 Å². The monoisotopic (exact) mass is 815 g/mol. The summed E-state index contributed by atoms with van der Waals surface area (Å²) in [6.45, 7) is 4.74. The first-order valence-electron chi connectivity index (χ1n) is 22.3. The van der Waals surface area contributed by atoms with Crippen LogP contribution in [0.3, 0.4) is 0 Å². The van der Waals surface area contributed by atoms with Crippen LogP contribution >= 0.6 is 0 Å². The Labute approximate surface area is 375 Å². The molecule has 0 saturated carbocycles. The largest absolute Gasteiger partial charge is 0.310 e. The van der Waals surface area contributed by atoms with Gasteiger partial charge in [-0.1, -0.05) is 214 Å². The molecule has 1 nitrogen and oxygen atoms in total. The molecule has 0 amide bonds. The molecule has 0 radical (unpaired) electrons. The number of nitrogens with zero attached hydrogens (tertiary/aromatic N) is 1. The van der Waals surface area contributed by atoms with Crippen molar-refractivity contribution in [3.05, 3.63) is 248 Å². The minimum atomic E-state index is -0.120. The molecule has 1 aliphatic rings. The summed E-state index contributed by atoms with van der Waals surface area (Å²) in [7, 11) is 0.